The quantitative estimate of drug-likeness (QED) is 0.590. The van der Waals surface area contributed by atoms with Gasteiger partial charge in [-0.15, -0.1) is 0 Å². The third-order valence-corrected chi connectivity index (χ3v) is 3.37. The van der Waals surface area contributed by atoms with E-state index in [0.717, 1.165) is 11.1 Å². The highest BCUT2D eigenvalue weighted by molar-refractivity contribution is 7.89. The first-order valence-electron chi connectivity index (χ1n) is 6.70. The molecule has 0 unspecified atom stereocenters. The summed E-state index contributed by atoms with van der Waals surface area (Å²) in [5.74, 6) is 0.744. The zero-order valence-corrected chi connectivity index (χ0v) is 12.8. The van der Waals surface area contributed by atoms with Gasteiger partial charge in [0.25, 0.3) is 0 Å². The van der Waals surface area contributed by atoms with Gasteiger partial charge >= 0.3 is 0 Å². The lowest BCUT2D eigenvalue weighted by Gasteiger charge is -2.14. The summed E-state index contributed by atoms with van der Waals surface area (Å²) >= 11 is 0.283. The van der Waals surface area contributed by atoms with E-state index >= 15 is 0 Å². The third-order valence-electron chi connectivity index (χ3n) is 3.11. The van der Waals surface area contributed by atoms with Crippen molar-refractivity contribution in [3.05, 3.63) is 59.2 Å². The second kappa shape index (κ2) is 7.20. The molecule has 0 aliphatic carbocycles. The molecule has 0 saturated carbocycles. The number of hydrogen-bond acceptors (Lipinski definition) is 4. The standard InChI is InChI=1S/C17H18O3S/c1-12(2)17-15(18)10-14(11-16(17)20-21-19)9-8-13-6-4-3-5-7-13/h3-12,18-19H,1-2H3/b9-8+. The van der Waals surface area contributed by atoms with Crippen LogP contribution >= 0.6 is 12.3 Å². The predicted octanol–water partition coefficient (Wildman–Crippen LogP) is 5.19. The highest BCUT2D eigenvalue weighted by Gasteiger charge is 2.15. The smallest absolute Gasteiger partial charge is 0.222 e. The molecule has 0 heterocycles. The van der Waals surface area contributed by atoms with Gasteiger partial charge in [0, 0.05) is 5.56 Å². The van der Waals surface area contributed by atoms with Crippen molar-refractivity contribution < 1.29 is 13.8 Å². The molecule has 2 N–H and O–H groups in total. The lowest BCUT2D eigenvalue weighted by atomic mass is 9.98. The maximum atomic E-state index is 10.2. The molecule has 21 heavy (non-hydrogen) atoms. The number of rotatable bonds is 5. The zero-order valence-electron chi connectivity index (χ0n) is 12.0. The molecule has 110 valence electrons. The highest BCUT2D eigenvalue weighted by Crippen LogP contribution is 2.37. The van der Waals surface area contributed by atoms with E-state index in [0.29, 0.717) is 11.3 Å². The Balaban J connectivity index is 2.35. The Labute approximate surface area is 129 Å². The van der Waals surface area contributed by atoms with E-state index in [2.05, 4.69) is 0 Å². The van der Waals surface area contributed by atoms with Gasteiger partial charge < -0.3 is 9.29 Å². The minimum absolute atomic E-state index is 0.0966. The van der Waals surface area contributed by atoms with Gasteiger partial charge in [0.2, 0.25) is 12.3 Å². The lowest BCUT2D eigenvalue weighted by molar-refractivity contribution is 0.456. The summed E-state index contributed by atoms with van der Waals surface area (Å²) in [6.07, 6.45) is 3.85. The topological polar surface area (TPSA) is 49.7 Å². The Kier molecular flexibility index (Phi) is 5.31. The molecule has 0 radical (unpaired) electrons. The Morgan fingerprint density at radius 1 is 1.05 bits per heavy atom. The van der Waals surface area contributed by atoms with Crippen molar-refractivity contribution in [2.75, 3.05) is 0 Å². The average Bonchev–Trinajstić information content (AvgIpc) is 2.46. The van der Waals surface area contributed by atoms with Crippen LogP contribution in [0.4, 0.5) is 0 Å². The second-order valence-corrected chi connectivity index (χ2v) is 5.32. The van der Waals surface area contributed by atoms with Gasteiger partial charge in [0.1, 0.15) is 11.5 Å². The van der Waals surface area contributed by atoms with Gasteiger partial charge in [-0.1, -0.05) is 56.3 Å². The Bertz CT molecular complexity index is 621. The van der Waals surface area contributed by atoms with Gasteiger partial charge in [0.15, 0.2) is 0 Å². The molecule has 0 aliphatic heterocycles. The fourth-order valence-electron chi connectivity index (χ4n) is 2.17. The lowest BCUT2D eigenvalue weighted by Crippen LogP contribution is -1.94. The summed E-state index contributed by atoms with van der Waals surface area (Å²) in [7, 11) is 0. The van der Waals surface area contributed by atoms with Crippen LogP contribution in [0.5, 0.6) is 11.5 Å². The molecular weight excluding hydrogens is 284 g/mol. The molecule has 0 fully saturated rings. The molecule has 2 aromatic carbocycles. The predicted molar refractivity (Wildman–Crippen MR) is 88.4 cm³/mol. The first-order valence-corrected chi connectivity index (χ1v) is 7.39. The van der Waals surface area contributed by atoms with Gasteiger partial charge in [-0.25, -0.2) is 0 Å². The van der Waals surface area contributed by atoms with E-state index in [4.69, 9.17) is 8.74 Å². The Morgan fingerprint density at radius 3 is 2.33 bits per heavy atom. The van der Waals surface area contributed by atoms with Crippen molar-refractivity contribution in [1.82, 2.24) is 0 Å². The summed E-state index contributed by atoms with van der Waals surface area (Å²) < 4.78 is 14.1. The summed E-state index contributed by atoms with van der Waals surface area (Å²) in [6, 6.07) is 13.4. The van der Waals surface area contributed by atoms with E-state index in [9.17, 15) is 5.11 Å². The molecule has 4 heteroatoms. The zero-order chi connectivity index (χ0) is 15.2. The van der Waals surface area contributed by atoms with Gasteiger partial charge in [-0.2, -0.15) is 0 Å². The molecule has 2 aromatic rings. The van der Waals surface area contributed by atoms with E-state index in [1.54, 1.807) is 12.1 Å². The number of benzene rings is 2. The van der Waals surface area contributed by atoms with Crippen LogP contribution in [-0.4, -0.2) is 9.66 Å². The molecule has 3 nitrogen and oxygen atoms in total. The van der Waals surface area contributed by atoms with Gasteiger partial charge in [0.05, 0.1) is 0 Å². The summed E-state index contributed by atoms with van der Waals surface area (Å²) in [6.45, 7) is 3.92. The second-order valence-electron chi connectivity index (χ2n) is 5.01. The first-order chi connectivity index (χ1) is 10.1. The van der Waals surface area contributed by atoms with Crippen molar-refractivity contribution in [3.8, 4) is 11.5 Å². The van der Waals surface area contributed by atoms with Crippen molar-refractivity contribution in [3.63, 3.8) is 0 Å². The summed E-state index contributed by atoms with van der Waals surface area (Å²) in [5, 5.41) is 10.2. The maximum Gasteiger partial charge on any atom is 0.222 e. The van der Waals surface area contributed by atoms with E-state index < -0.39 is 0 Å². The Hall–Kier alpha value is -1.91. The minimum Gasteiger partial charge on any atom is -0.507 e. The van der Waals surface area contributed by atoms with Crippen molar-refractivity contribution in [2.45, 2.75) is 19.8 Å². The molecule has 0 spiro atoms. The first kappa shape index (κ1) is 15.5. The SMILES string of the molecule is CC(C)c1c(O)cc(/C=C/c2ccccc2)cc1OSO. The van der Waals surface area contributed by atoms with Crippen LogP contribution in [0.1, 0.15) is 36.5 Å². The van der Waals surface area contributed by atoms with Crippen LogP contribution in [0.25, 0.3) is 12.2 Å². The maximum absolute atomic E-state index is 10.2. The van der Waals surface area contributed by atoms with E-state index in [1.165, 1.54) is 0 Å². The summed E-state index contributed by atoms with van der Waals surface area (Å²) in [5.41, 5.74) is 2.57. The molecule has 0 bridgehead atoms. The fraction of sp³-hybridized carbons (Fsp3) is 0.176. The summed E-state index contributed by atoms with van der Waals surface area (Å²) in [4.78, 5) is 0. The van der Waals surface area contributed by atoms with Crippen LogP contribution in [0.3, 0.4) is 0 Å². The molecule has 0 aromatic heterocycles. The van der Waals surface area contributed by atoms with Gasteiger partial charge in [-0.3, -0.25) is 4.55 Å². The van der Waals surface area contributed by atoms with Crippen molar-refractivity contribution in [2.24, 2.45) is 0 Å². The molecular formula is C17H18O3S. The van der Waals surface area contributed by atoms with Crippen LogP contribution in [0, 0.1) is 0 Å². The normalized spacial score (nSPS) is 11.2. The van der Waals surface area contributed by atoms with Crippen molar-refractivity contribution >= 4 is 24.5 Å². The molecule has 2 rings (SSSR count). The number of aromatic hydroxyl groups is 1. The average molecular weight is 302 g/mol. The van der Waals surface area contributed by atoms with E-state index in [1.807, 2.05) is 56.3 Å². The van der Waals surface area contributed by atoms with Crippen LogP contribution in [0.15, 0.2) is 42.5 Å². The van der Waals surface area contributed by atoms with Crippen LogP contribution in [-0.2, 0) is 0 Å². The van der Waals surface area contributed by atoms with E-state index in [-0.39, 0.29) is 24.0 Å². The van der Waals surface area contributed by atoms with Gasteiger partial charge in [-0.05, 0) is 29.2 Å². The number of hydrogen-bond donors (Lipinski definition) is 2. The number of phenolic OH excluding ortho intramolecular Hbond substituents is 1. The largest absolute Gasteiger partial charge is 0.507 e. The third kappa shape index (κ3) is 4.03. The van der Waals surface area contributed by atoms with Crippen molar-refractivity contribution in [1.29, 1.82) is 0 Å². The monoisotopic (exact) mass is 302 g/mol. The molecule has 0 aliphatic rings. The van der Waals surface area contributed by atoms with Crippen LogP contribution < -0.4 is 4.18 Å². The highest BCUT2D eigenvalue weighted by atomic mass is 32.2. The fourth-order valence-corrected chi connectivity index (χ4v) is 2.39. The molecule has 0 amide bonds. The molecule has 0 atom stereocenters. The minimum atomic E-state index is 0.0966. The Morgan fingerprint density at radius 2 is 1.71 bits per heavy atom. The number of phenols is 1. The molecule has 0 saturated heterocycles. The van der Waals surface area contributed by atoms with Crippen LogP contribution in [0.2, 0.25) is 0 Å².